The summed E-state index contributed by atoms with van der Waals surface area (Å²) in [7, 11) is 0. The summed E-state index contributed by atoms with van der Waals surface area (Å²) >= 11 is 0. The Morgan fingerprint density at radius 1 is 1.22 bits per heavy atom. The molecular weight excluding hydrogens is 297 g/mol. The molecule has 5 nitrogen and oxygen atoms in total. The van der Waals surface area contributed by atoms with E-state index in [0.29, 0.717) is 0 Å². The number of amides is 1. The number of benzene rings is 1. The van der Waals surface area contributed by atoms with Crippen molar-refractivity contribution in [1.82, 2.24) is 15.3 Å². The van der Waals surface area contributed by atoms with Gasteiger partial charge in [0.25, 0.3) is 0 Å². The van der Waals surface area contributed by atoms with Crippen molar-refractivity contribution in [2.45, 2.75) is 26.3 Å². The summed E-state index contributed by atoms with van der Waals surface area (Å²) in [6.45, 7) is 2.88. The molecule has 0 radical (unpaired) electrons. The van der Waals surface area contributed by atoms with Gasteiger partial charge in [-0.15, -0.1) is 0 Å². The highest BCUT2D eigenvalue weighted by Gasteiger charge is 2.06. The van der Waals surface area contributed by atoms with E-state index in [0.717, 1.165) is 23.1 Å². The maximum atomic E-state index is 12.0. The van der Waals surface area contributed by atoms with E-state index in [2.05, 4.69) is 15.3 Å². The second-order valence-electron chi connectivity index (χ2n) is 5.29. The van der Waals surface area contributed by atoms with Crippen LogP contribution < -0.4 is 10.1 Å². The van der Waals surface area contributed by atoms with Crippen LogP contribution in [-0.2, 0) is 11.2 Å². The zero-order valence-corrected chi connectivity index (χ0v) is 13.3. The summed E-state index contributed by atoms with van der Waals surface area (Å²) < 4.78 is 17.0. The van der Waals surface area contributed by atoms with E-state index in [-0.39, 0.29) is 24.6 Å². The lowest BCUT2D eigenvalue weighted by Gasteiger charge is -2.12. The average Bonchev–Trinajstić information content (AvgIpc) is 2.53. The van der Waals surface area contributed by atoms with E-state index < -0.39 is 6.67 Å². The molecule has 1 heterocycles. The lowest BCUT2D eigenvalue weighted by Crippen LogP contribution is -2.31. The molecule has 1 aromatic carbocycles. The van der Waals surface area contributed by atoms with E-state index in [1.54, 1.807) is 12.4 Å². The molecule has 0 saturated carbocycles. The van der Waals surface area contributed by atoms with Crippen LogP contribution in [0.3, 0.4) is 0 Å². The first-order valence-corrected chi connectivity index (χ1v) is 7.45. The number of alkyl halides is 1. The monoisotopic (exact) mass is 317 g/mol. The van der Waals surface area contributed by atoms with E-state index >= 15 is 0 Å². The van der Waals surface area contributed by atoms with Crippen molar-refractivity contribution in [1.29, 1.82) is 0 Å². The van der Waals surface area contributed by atoms with Crippen molar-refractivity contribution in [3.05, 3.63) is 42.2 Å². The van der Waals surface area contributed by atoms with E-state index in [9.17, 15) is 9.18 Å². The molecule has 6 heteroatoms. The zero-order valence-electron chi connectivity index (χ0n) is 13.3. The Morgan fingerprint density at radius 2 is 1.87 bits per heavy atom. The van der Waals surface area contributed by atoms with Crippen LogP contribution in [0.2, 0.25) is 0 Å². The summed E-state index contributed by atoms with van der Waals surface area (Å²) in [4.78, 5) is 19.1. The highest BCUT2D eigenvalue weighted by atomic mass is 19.1. The topological polar surface area (TPSA) is 64.1 Å². The quantitative estimate of drug-likeness (QED) is 0.852. The minimum atomic E-state index is -0.566. The van der Waals surface area contributed by atoms with Crippen LogP contribution in [0.4, 0.5) is 4.39 Å². The zero-order chi connectivity index (χ0) is 16.7. The molecular formula is C17H20FN3O2. The molecule has 23 heavy (non-hydrogen) atoms. The Balaban J connectivity index is 2.00. The number of aromatic nitrogens is 2. The van der Waals surface area contributed by atoms with Crippen LogP contribution in [0, 0.1) is 0 Å². The molecule has 1 aromatic heterocycles. The van der Waals surface area contributed by atoms with Crippen molar-refractivity contribution in [2.24, 2.45) is 0 Å². The number of hydrogen-bond donors (Lipinski definition) is 1. The maximum absolute atomic E-state index is 12.0. The van der Waals surface area contributed by atoms with Gasteiger partial charge in [-0.2, -0.15) is 0 Å². The molecule has 0 fully saturated rings. The lowest BCUT2D eigenvalue weighted by atomic mass is 10.0. The van der Waals surface area contributed by atoms with E-state index in [1.165, 1.54) is 6.92 Å². The molecule has 1 atom stereocenters. The van der Waals surface area contributed by atoms with Crippen molar-refractivity contribution in [2.75, 3.05) is 13.3 Å². The van der Waals surface area contributed by atoms with Crippen LogP contribution in [0.5, 0.6) is 6.01 Å². The minimum Gasteiger partial charge on any atom is -0.461 e. The number of nitrogens with one attached hydrogen (secondary N) is 1. The van der Waals surface area contributed by atoms with Gasteiger partial charge in [0.2, 0.25) is 5.91 Å². The van der Waals surface area contributed by atoms with Crippen LogP contribution in [0.15, 0.2) is 36.7 Å². The van der Waals surface area contributed by atoms with Crippen molar-refractivity contribution >= 4 is 5.91 Å². The maximum Gasteiger partial charge on any atom is 0.316 e. The standard InChI is InChI=1S/C17H20FN3O2/c1-12(21-13(2)22)9-14-3-5-15(6-4-14)16-10-19-17(20-11-16)23-8-7-18/h3-6,10-12H,7-9H2,1-2H3,(H,21,22). The Kier molecular flexibility index (Phi) is 6.02. The molecule has 2 rings (SSSR count). The molecule has 0 aliphatic heterocycles. The summed E-state index contributed by atoms with van der Waals surface area (Å²) in [5, 5.41) is 2.86. The second-order valence-corrected chi connectivity index (χ2v) is 5.29. The third-order valence-electron chi connectivity index (χ3n) is 3.22. The molecule has 2 aromatic rings. The number of carbonyl (C=O) groups excluding carboxylic acids is 1. The Bertz CT molecular complexity index is 629. The third-order valence-corrected chi connectivity index (χ3v) is 3.22. The third kappa shape index (κ3) is 5.32. The first kappa shape index (κ1) is 16.9. The number of rotatable bonds is 7. The fourth-order valence-corrected chi connectivity index (χ4v) is 2.25. The Hall–Kier alpha value is -2.50. The fraction of sp³-hybridized carbons (Fsp3) is 0.353. The first-order chi connectivity index (χ1) is 11.1. The predicted octanol–water partition coefficient (Wildman–Crippen LogP) is 2.56. The number of halogens is 1. The predicted molar refractivity (Wildman–Crippen MR) is 85.9 cm³/mol. The van der Waals surface area contributed by atoms with Gasteiger partial charge in [-0.25, -0.2) is 14.4 Å². The molecule has 0 spiro atoms. The van der Waals surface area contributed by atoms with Crippen LogP contribution in [0.25, 0.3) is 11.1 Å². The van der Waals surface area contributed by atoms with Crippen molar-refractivity contribution in [3.63, 3.8) is 0 Å². The summed E-state index contributed by atoms with van der Waals surface area (Å²) in [5.74, 6) is -0.0265. The highest BCUT2D eigenvalue weighted by molar-refractivity contribution is 5.73. The smallest absolute Gasteiger partial charge is 0.316 e. The van der Waals surface area contributed by atoms with E-state index in [4.69, 9.17) is 4.74 Å². The van der Waals surface area contributed by atoms with Gasteiger partial charge < -0.3 is 10.1 Å². The van der Waals surface area contributed by atoms with Gasteiger partial charge in [0.15, 0.2) is 0 Å². The van der Waals surface area contributed by atoms with Crippen molar-refractivity contribution < 1.29 is 13.9 Å². The van der Waals surface area contributed by atoms with Gasteiger partial charge in [-0.3, -0.25) is 4.79 Å². The van der Waals surface area contributed by atoms with E-state index in [1.807, 2.05) is 31.2 Å². The van der Waals surface area contributed by atoms with Crippen molar-refractivity contribution in [3.8, 4) is 17.1 Å². The highest BCUT2D eigenvalue weighted by Crippen LogP contribution is 2.19. The molecule has 0 aliphatic rings. The Labute approximate surface area is 134 Å². The number of hydrogen-bond acceptors (Lipinski definition) is 4. The van der Waals surface area contributed by atoms with Gasteiger partial charge in [-0.1, -0.05) is 24.3 Å². The van der Waals surface area contributed by atoms with Gasteiger partial charge in [0, 0.05) is 30.9 Å². The number of nitrogens with zero attached hydrogens (tertiary/aromatic N) is 2. The van der Waals surface area contributed by atoms with Gasteiger partial charge in [0.05, 0.1) is 0 Å². The molecule has 1 unspecified atom stereocenters. The normalized spacial score (nSPS) is 11.8. The lowest BCUT2D eigenvalue weighted by molar-refractivity contribution is -0.119. The number of ether oxygens (including phenoxy) is 1. The summed E-state index contributed by atoms with van der Waals surface area (Å²) in [5.41, 5.74) is 2.98. The second kappa shape index (κ2) is 8.22. The largest absolute Gasteiger partial charge is 0.461 e. The minimum absolute atomic E-state index is 0.0265. The number of carbonyl (C=O) groups is 1. The van der Waals surface area contributed by atoms with Crippen LogP contribution >= 0.6 is 0 Å². The average molecular weight is 317 g/mol. The van der Waals surface area contributed by atoms with Crippen LogP contribution in [-0.4, -0.2) is 35.2 Å². The Morgan fingerprint density at radius 3 is 2.43 bits per heavy atom. The van der Waals surface area contributed by atoms with Gasteiger partial charge in [0.1, 0.15) is 13.3 Å². The van der Waals surface area contributed by atoms with Crippen LogP contribution in [0.1, 0.15) is 19.4 Å². The molecule has 1 N–H and O–H groups in total. The summed E-state index contributed by atoms with van der Waals surface area (Å²) in [6.07, 6.45) is 4.07. The first-order valence-electron chi connectivity index (χ1n) is 7.45. The van der Waals surface area contributed by atoms with Gasteiger partial charge >= 0.3 is 6.01 Å². The molecule has 0 bridgehead atoms. The fourth-order valence-electron chi connectivity index (χ4n) is 2.25. The molecule has 1 amide bonds. The molecule has 0 saturated heterocycles. The summed E-state index contributed by atoms with van der Waals surface area (Å²) in [6, 6.07) is 8.26. The molecule has 0 aliphatic carbocycles. The SMILES string of the molecule is CC(=O)NC(C)Cc1ccc(-c2cnc(OCCF)nc2)cc1. The van der Waals surface area contributed by atoms with Gasteiger partial charge in [-0.05, 0) is 24.5 Å². The molecule has 122 valence electrons.